The first-order valence-corrected chi connectivity index (χ1v) is 6.60. The van der Waals surface area contributed by atoms with Crippen LogP contribution in [0.1, 0.15) is 25.8 Å². The van der Waals surface area contributed by atoms with Crippen LogP contribution in [0.5, 0.6) is 5.75 Å². The van der Waals surface area contributed by atoms with Crippen molar-refractivity contribution >= 4 is 0 Å². The van der Waals surface area contributed by atoms with Crippen LogP contribution >= 0.6 is 0 Å². The molecule has 0 saturated heterocycles. The molecule has 0 fully saturated rings. The molecule has 0 aliphatic heterocycles. The molecule has 1 rings (SSSR count). The lowest BCUT2D eigenvalue weighted by molar-refractivity contribution is -0.274. The summed E-state index contributed by atoms with van der Waals surface area (Å²) in [5.74, 6) is -0.195. The second-order valence-corrected chi connectivity index (χ2v) is 4.90. The van der Waals surface area contributed by atoms with E-state index in [1.165, 1.54) is 12.1 Å². The summed E-state index contributed by atoms with van der Waals surface area (Å²) < 4.78 is 40.0. The molecule has 1 aromatic rings. The highest BCUT2D eigenvalue weighted by molar-refractivity contribution is 5.27. The Bertz CT molecular complexity index is 390. The molecule has 3 nitrogen and oxygen atoms in total. The zero-order chi connectivity index (χ0) is 15.2. The van der Waals surface area contributed by atoms with Gasteiger partial charge in [-0.15, -0.1) is 13.2 Å². The maximum atomic E-state index is 12.1. The summed E-state index contributed by atoms with van der Waals surface area (Å²) in [5, 5.41) is 0. The van der Waals surface area contributed by atoms with E-state index in [0.29, 0.717) is 19.1 Å². The molecular formula is C14H21F3N2O. The van der Waals surface area contributed by atoms with Crippen molar-refractivity contribution in [1.29, 1.82) is 0 Å². The molecule has 0 amide bonds. The van der Waals surface area contributed by atoms with Crippen LogP contribution in [0.4, 0.5) is 13.2 Å². The van der Waals surface area contributed by atoms with Crippen LogP contribution in [0.3, 0.4) is 0 Å². The molecule has 0 aromatic heterocycles. The lowest BCUT2D eigenvalue weighted by Crippen LogP contribution is -2.32. The molecule has 0 saturated carbocycles. The minimum absolute atomic E-state index is 0.195. The van der Waals surface area contributed by atoms with Gasteiger partial charge in [0.15, 0.2) is 0 Å². The fourth-order valence-corrected chi connectivity index (χ4v) is 1.85. The highest BCUT2D eigenvalue weighted by atomic mass is 19.4. The quantitative estimate of drug-likeness (QED) is 0.838. The maximum Gasteiger partial charge on any atom is 0.573 e. The molecular weight excluding hydrogens is 269 g/mol. The van der Waals surface area contributed by atoms with Crippen LogP contribution in [-0.4, -0.2) is 30.4 Å². The predicted molar refractivity (Wildman–Crippen MR) is 72.3 cm³/mol. The molecule has 2 N–H and O–H groups in total. The van der Waals surface area contributed by atoms with E-state index in [4.69, 9.17) is 5.73 Å². The van der Waals surface area contributed by atoms with E-state index in [-0.39, 0.29) is 5.75 Å². The van der Waals surface area contributed by atoms with Crippen molar-refractivity contribution in [3.05, 3.63) is 29.8 Å². The van der Waals surface area contributed by atoms with Gasteiger partial charge in [0.05, 0.1) is 0 Å². The lowest BCUT2D eigenvalue weighted by Gasteiger charge is -2.26. The third-order valence-corrected chi connectivity index (χ3v) is 2.92. The van der Waals surface area contributed by atoms with Gasteiger partial charge in [0, 0.05) is 12.6 Å². The van der Waals surface area contributed by atoms with E-state index in [1.54, 1.807) is 12.1 Å². The van der Waals surface area contributed by atoms with Gasteiger partial charge in [-0.1, -0.05) is 12.1 Å². The number of hydrogen-bond acceptors (Lipinski definition) is 3. The molecule has 6 heteroatoms. The Morgan fingerprint density at radius 3 is 2.25 bits per heavy atom. The number of benzene rings is 1. The predicted octanol–water partition coefficient (Wildman–Crippen LogP) is 3.14. The van der Waals surface area contributed by atoms with Crippen molar-refractivity contribution in [1.82, 2.24) is 4.90 Å². The lowest BCUT2D eigenvalue weighted by atomic mass is 10.1. The average molecular weight is 290 g/mol. The fourth-order valence-electron chi connectivity index (χ4n) is 1.85. The highest BCUT2D eigenvalue weighted by Gasteiger charge is 2.30. The normalized spacial score (nSPS) is 12.2. The topological polar surface area (TPSA) is 38.5 Å². The van der Waals surface area contributed by atoms with Crippen LogP contribution in [0.15, 0.2) is 24.3 Å². The molecule has 1 aromatic carbocycles. The van der Waals surface area contributed by atoms with Crippen LogP contribution in [0.25, 0.3) is 0 Å². The van der Waals surface area contributed by atoms with Crippen LogP contribution in [0.2, 0.25) is 0 Å². The van der Waals surface area contributed by atoms with Gasteiger partial charge < -0.3 is 10.5 Å². The highest BCUT2D eigenvalue weighted by Crippen LogP contribution is 2.23. The van der Waals surface area contributed by atoms with Crippen molar-refractivity contribution in [2.24, 2.45) is 5.73 Å². The minimum Gasteiger partial charge on any atom is -0.406 e. The first-order valence-electron chi connectivity index (χ1n) is 6.60. The van der Waals surface area contributed by atoms with E-state index in [2.05, 4.69) is 23.5 Å². The van der Waals surface area contributed by atoms with Crippen molar-refractivity contribution in [2.75, 3.05) is 13.1 Å². The summed E-state index contributed by atoms with van der Waals surface area (Å²) in [5.41, 5.74) is 6.45. The summed E-state index contributed by atoms with van der Waals surface area (Å²) in [7, 11) is 0. The summed E-state index contributed by atoms with van der Waals surface area (Å²) in [6.07, 6.45) is -3.75. The number of nitrogens with two attached hydrogens (primary N) is 1. The van der Waals surface area contributed by atoms with Gasteiger partial charge in [-0.05, 0) is 51.1 Å². The van der Waals surface area contributed by atoms with Gasteiger partial charge in [0.25, 0.3) is 0 Å². The van der Waals surface area contributed by atoms with Crippen LogP contribution in [-0.2, 0) is 6.54 Å². The molecule has 0 spiro atoms. The second kappa shape index (κ2) is 7.50. The van der Waals surface area contributed by atoms with Crippen molar-refractivity contribution < 1.29 is 17.9 Å². The molecule has 114 valence electrons. The third kappa shape index (κ3) is 6.25. The largest absolute Gasteiger partial charge is 0.573 e. The van der Waals surface area contributed by atoms with E-state index in [0.717, 1.165) is 18.5 Å². The molecule has 0 bridgehead atoms. The molecule has 0 aliphatic carbocycles. The fraction of sp³-hybridized carbons (Fsp3) is 0.571. The van der Waals surface area contributed by atoms with E-state index >= 15 is 0 Å². The van der Waals surface area contributed by atoms with Crippen LogP contribution < -0.4 is 10.5 Å². The summed E-state index contributed by atoms with van der Waals surface area (Å²) in [6, 6.07) is 6.33. The number of rotatable bonds is 7. The second-order valence-electron chi connectivity index (χ2n) is 4.90. The van der Waals surface area contributed by atoms with Gasteiger partial charge in [0.1, 0.15) is 5.75 Å². The standard InChI is InChI=1S/C14H21F3N2O/c1-11(2)19(9-3-8-18)10-12-4-6-13(7-5-12)20-14(15,16)17/h4-7,11H,3,8-10,18H2,1-2H3. The maximum absolute atomic E-state index is 12.1. The number of alkyl halides is 3. The molecule has 20 heavy (non-hydrogen) atoms. The number of nitrogens with zero attached hydrogens (tertiary/aromatic N) is 1. The van der Waals surface area contributed by atoms with Crippen molar-refractivity contribution in [2.45, 2.75) is 39.2 Å². The van der Waals surface area contributed by atoms with Crippen LogP contribution in [0, 0.1) is 0 Å². The summed E-state index contributed by atoms with van der Waals surface area (Å²) in [4.78, 5) is 2.23. The SMILES string of the molecule is CC(C)N(CCCN)Cc1ccc(OC(F)(F)F)cc1. The van der Waals surface area contributed by atoms with E-state index in [9.17, 15) is 13.2 Å². The number of hydrogen-bond donors (Lipinski definition) is 1. The number of halogens is 3. The first-order chi connectivity index (χ1) is 9.31. The Hall–Kier alpha value is -1.27. The van der Waals surface area contributed by atoms with Gasteiger partial charge >= 0.3 is 6.36 Å². The summed E-state index contributed by atoms with van der Waals surface area (Å²) in [6.45, 7) is 6.34. The van der Waals surface area contributed by atoms with E-state index < -0.39 is 6.36 Å². The first kappa shape index (κ1) is 16.8. The molecule has 0 atom stereocenters. The molecule has 0 unspecified atom stereocenters. The van der Waals surface area contributed by atoms with Crippen molar-refractivity contribution in [3.8, 4) is 5.75 Å². The zero-order valence-corrected chi connectivity index (χ0v) is 11.8. The Morgan fingerprint density at radius 1 is 1.20 bits per heavy atom. The Balaban J connectivity index is 2.63. The van der Waals surface area contributed by atoms with Gasteiger partial charge in [-0.3, -0.25) is 4.90 Å². The minimum atomic E-state index is -4.65. The summed E-state index contributed by atoms with van der Waals surface area (Å²) >= 11 is 0. The van der Waals surface area contributed by atoms with Crippen molar-refractivity contribution in [3.63, 3.8) is 0 Å². The van der Waals surface area contributed by atoms with Gasteiger partial charge in [0.2, 0.25) is 0 Å². The van der Waals surface area contributed by atoms with E-state index in [1.807, 2.05) is 0 Å². The molecule has 0 radical (unpaired) electrons. The Kier molecular flexibility index (Phi) is 6.29. The molecule has 0 heterocycles. The number of ether oxygens (including phenoxy) is 1. The molecule has 0 aliphatic rings. The zero-order valence-electron chi connectivity index (χ0n) is 11.8. The third-order valence-electron chi connectivity index (χ3n) is 2.92. The smallest absolute Gasteiger partial charge is 0.406 e. The monoisotopic (exact) mass is 290 g/mol. The van der Waals surface area contributed by atoms with Gasteiger partial charge in [-0.25, -0.2) is 0 Å². The van der Waals surface area contributed by atoms with Gasteiger partial charge in [-0.2, -0.15) is 0 Å². The Morgan fingerprint density at radius 2 is 1.80 bits per heavy atom. The average Bonchev–Trinajstić information content (AvgIpc) is 2.34. The Labute approximate surface area is 117 Å².